The molecule has 0 bridgehead atoms. The van der Waals surface area contributed by atoms with Gasteiger partial charge in [0.25, 0.3) is 5.91 Å². The highest BCUT2D eigenvalue weighted by atomic mass is 35.5. The molecule has 128 valence electrons. The number of carbonyl (C=O) groups excluding carboxylic acids is 1. The van der Waals surface area contributed by atoms with E-state index in [4.69, 9.17) is 11.6 Å². The van der Waals surface area contributed by atoms with Crippen molar-refractivity contribution < 1.29 is 13.2 Å². The van der Waals surface area contributed by atoms with Crippen molar-refractivity contribution in [2.75, 3.05) is 12.8 Å². The molecule has 0 radical (unpaired) electrons. The van der Waals surface area contributed by atoms with Gasteiger partial charge in [0.1, 0.15) is 0 Å². The smallest absolute Gasteiger partial charge is 0.255 e. The fourth-order valence-electron chi connectivity index (χ4n) is 3.13. The first-order chi connectivity index (χ1) is 11.3. The molecule has 1 aromatic carbocycles. The molecule has 2 heterocycles. The van der Waals surface area contributed by atoms with E-state index in [-0.39, 0.29) is 27.4 Å². The number of hydrogen-bond acceptors (Lipinski definition) is 4. The van der Waals surface area contributed by atoms with Crippen LogP contribution in [0.4, 0.5) is 0 Å². The second kappa shape index (κ2) is 6.50. The van der Waals surface area contributed by atoms with E-state index in [0.29, 0.717) is 6.54 Å². The van der Waals surface area contributed by atoms with Gasteiger partial charge in [-0.3, -0.25) is 4.79 Å². The molecule has 0 spiro atoms. The van der Waals surface area contributed by atoms with Crippen molar-refractivity contribution in [3.05, 3.63) is 50.7 Å². The van der Waals surface area contributed by atoms with Crippen LogP contribution < -0.4 is 0 Å². The summed E-state index contributed by atoms with van der Waals surface area (Å²) in [5, 5.41) is 2.33. The van der Waals surface area contributed by atoms with Crippen LogP contribution in [-0.4, -0.2) is 32.0 Å². The van der Waals surface area contributed by atoms with E-state index in [2.05, 4.69) is 11.4 Å². The lowest BCUT2D eigenvalue weighted by Gasteiger charge is -2.35. The highest BCUT2D eigenvalue weighted by Crippen LogP contribution is 2.36. The average Bonchev–Trinajstić information content (AvgIpc) is 3.01. The SMILES string of the molecule is CCC1c2ccsc2CCN1C(=O)c1cc(S(C)(=O)=O)ccc1Cl. The molecule has 1 atom stereocenters. The number of fused-ring (bicyclic) bond motifs is 1. The quantitative estimate of drug-likeness (QED) is 0.806. The number of carbonyl (C=O) groups is 1. The van der Waals surface area contributed by atoms with Gasteiger partial charge in [0, 0.05) is 17.7 Å². The zero-order valence-electron chi connectivity index (χ0n) is 13.5. The van der Waals surface area contributed by atoms with Gasteiger partial charge in [-0.15, -0.1) is 11.3 Å². The van der Waals surface area contributed by atoms with Gasteiger partial charge in [0.05, 0.1) is 21.5 Å². The van der Waals surface area contributed by atoms with Crippen LogP contribution in [0.5, 0.6) is 0 Å². The summed E-state index contributed by atoms with van der Waals surface area (Å²) < 4.78 is 23.6. The lowest BCUT2D eigenvalue weighted by Crippen LogP contribution is -2.39. The first-order valence-electron chi connectivity index (χ1n) is 7.69. The Kier molecular flexibility index (Phi) is 4.73. The van der Waals surface area contributed by atoms with Crippen molar-refractivity contribution in [1.82, 2.24) is 4.90 Å². The maximum Gasteiger partial charge on any atom is 0.255 e. The van der Waals surface area contributed by atoms with Gasteiger partial charge in [0.2, 0.25) is 0 Å². The maximum atomic E-state index is 13.1. The Morgan fingerprint density at radius 1 is 1.38 bits per heavy atom. The lowest BCUT2D eigenvalue weighted by atomic mass is 9.97. The highest BCUT2D eigenvalue weighted by Gasteiger charge is 2.32. The van der Waals surface area contributed by atoms with Gasteiger partial charge < -0.3 is 4.90 Å². The van der Waals surface area contributed by atoms with E-state index in [1.54, 1.807) is 11.3 Å². The van der Waals surface area contributed by atoms with Crippen molar-refractivity contribution >= 4 is 38.7 Å². The fourth-order valence-corrected chi connectivity index (χ4v) is 4.91. The molecule has 7 heteroatoms. The van der Waals surface area contributed by atoms with Crippen molar-refractivity contribution in [2.24, 2.45) is 0 Å². The van der Waals surface area contributed by atoms with Crippen LogP contribution in [0, 0.1) is 0 Å². The van der Waals surface area contributed by atoms with Crippen molar-refractivity contribution in [1.29, 1.82) is 0 Å². The Balaban J connectivity index is 2.01. The largest absolute Gasteiger partial charge is 0.331 e. The van der Waals surface area contributed by atoms with E-state index in [1.165, 1.54) is 28.6 Å². The molecular formula is C17H18ClNO3S2. The molecule has 1 amide bonds. The summed E-state index contributed by atoms with van der Waals surface area (Å²) in [7, 11) is -3.39. The average molecular weight is 384 g/mol. The number of halogens is 1. The number of benzene rings is 1. The van der Waals surface area contributed by atoms with Crippen LogP contribution in [0.3, 0.4) is 0 Å². The molecule has 0 fully saturated rings. The van der Waals surface area contributed by atoms with Gasteiger partial charge >= 0.3 is 0 Å². The second-order valence-electron chi connectivity index (χ2n) is 5.89. The predicted octanol–water partition coefficient (Wildman–Crippen LogP) is 3.95. The summed E-state index contributed by atoms with van der Waals surface area (Å²) >= 11 is 7.91. The third kappa shape index (κ3) is 3.10. The van der Waals surface area contributed by atoms with E-state index in [0.717, 1.165) is 19.1 Å². The molecule has 1 aliphatic heterocycles. The molecule has 0 saturated carbocycles. The van der Waals surface area contributed by atoms with E-state index >= 15 is 0 Å². The summed E-state index contributed by atoms with van der Waals surface area (Å²) in [4.78, 5) is 16.3. The highest BCUT2D eigenvalue weighted by molar-refractivity contribution is 7.90. The summed E-state index contributed by atoms with van der Waals surface area (Å²) in [6.45, 7) is 2.66. The summed E-state index contributed by atoms with van der Waals surface area (Å²) in [5.74, 6) is -0.214. The Morgan fingerprint density at radius 2 is 2.12 bits per heavy atom. The minimum absolute atomic E-state index is 0.00505. The number of rotatable bonds is 3. The summed E-state index contributed by atoms with van der Waals surface area (Å²) in [5.41, 5.74) is 1.44. The van der Waals surface area contributed by atoms with Crippen LogP contribution in [0.2, 0.25) is 5.02 Å². The number of nitrogens with zero attached hydrogens (tertiary/aromatic N) is 1. The molecule has 1 unspecified atom stereocenters. The van der Waals surface area contributed by atoms with E-state index in [9.17, 15) is 13.2 Å². The van der Waals surface area contributed by atoms with Crippen molar-refractivity contribution in [3.63, 3.8) is 0 Å². The molecule has 0 N–H and O–H groups in total. The Hall–Kier alpha value is -1.37. The minimum Gasteiger partial charge on any atom is -0.331 e. The molecule has 4 nitrogen and oxygen atoms in total. The van der Waals surface area contributed by atoms with Gasteiger partial charge in [-0.05, 0) is 48.1 Å². The first-order valence-corrected chi connectivity index (χ1v) is 10.8. The second-order valence-corrected chi connectivity index (χ2v) is 9.31. The van der Waals surface area contributed by atoms with Crippen LogP contribution in [0.25, 0.3) is 0 Å². The van der Waals surface area contributed by atoms with Crippen LogP contribution in [0.15, 0.2) is 34.5 Å². The normalized spacial score (nSPS) is 17.6. The van der Waals surface area contributed by atoms with E-state index in [1.807, 2.05) is 11.8 Å². The number of amides is 1. The predicted molar refractivity (Wildman–Crippen MR) is 96.7 cm³/mol. The fraction of sp³-hybridized carbons (Fsp3) is 0.353. The molecule has 0 aliphatic carbocycles. The third-order valence-electron chi connectivity index (χ3n) is 4.34. The zero-order valence-corrected chi connectivity index (χ0v) is 15.8. The van der Waals surface area contributed by atoms with Gasteiger partial charge in [-0.2, -0.15) is 0 Å². The van der Waals surface area contributed by atoms with Gasteiger partial charge in [-0.25, -0.2) is 8.42 Å². The minimum atomic E-state index is -3.39. The molecular weight excluding hydrogens is 366 g/mol. The Morgan fingerprint density at radius 3 is 2.79 bits per heavy atom. The number of thiophene rings is 1. The summed E-state index contributed by atoms with van der Waals surface area (Å²) in [6, 6.07) is 6.37. The summed E-state index contributed by atoms with van der Waals surface area (Å²) in [6.07, 6.45) is 2.75. The zero-order chi connectivity index (χ0) is 17.5. The molecule has 3 rings (SSSR count). The van der Waals surface area contributed by atoms with Crippen LogP contribution in [0.1, 0.15) is 40.2 Å². The van der Waals surface area contributed by atoms with Crippen molar-refractivity contribution in [2.45, 2.75) is 30.7 Å². The lowest BCUT2D eigenvalue weighted by molar-refractivity contribution is 0.0657. The van der Waals surface area contributed by atoms with Gasteiger partial charge in [-0.1, -0.05) is 18.5 Å². The van der Waals surface area contributed by atoms with E-state index < -0.39 is 9.84 Å². The van der Waals surface area contributed by atoms with Gasteiger partial charge in [0.15, 0.2) is 9.84 Å². The molecule has 0 saturated heterocycles. The third-order valence-corrected chi connectivity index (χ3v) is 6.78. The Bertz CT molecular complexity index is 889. The monoisotopic (exact) mass is 383 g/mol. The molecule has 1 aliphatic rings. The topological polar surface area (TPSA) is 54.5 Å². The molecule has 1 aromatic heterocycles. The number of hydrogen-bond donors (Lipinski definition) is 0. The van der Waals surface area contributed by atoms with Crippen molar-refractivity contribution in [3.8, 4) is 0 Å². The van der Waals surface area contributed by atoms with Crippen LogP contribution >= 0.6 is 22.9 Å². The molecule has 2 aromatic rings. The maximum absolute atomic E-state index is 13.1. The standard InChI is InChI=1S/C17H18ClNO3S2/c1-3-15-12-7-9-23-16(12)6-8-19(15)17(20)13-10-11(24(2,21)22)4-5-14(13)18/h4-5,7,9-10,15H,3,6,8H2,1-2H3. The number of sulfone groups is 1. The first kappa shape index (κ1) is 17.5. The molecule has 24 heavy (non-hydrogen) atoms. The van der Waals surface area contributed by atoms with Crippen LogP contribution in [-0.2, 0) is 16.3 Å². The Labute approximate surface area is 151 Å².